The van der Waals surface area contributed by atoms with E-state index in [9.17, 15) is 14.3 Å². The van der Waals surface area contributed by atoms with Gasteiger partial charge in [0.25, 0.3) is 0 Å². The molecule has 0 bridgehead atoms. The van der Waals surface area contributed by atoms with Gasteiger partial charge in [-0.3, -0.25) is 9.78 Å². The van der Waals surface area contributed by atoms with E-state index in [0.717, 1.165) is 0 Å². The summed E-state index contributed by atoms with van der Waals surface area (Å²) in [6, 6.07) is 7.86. The summed E-state index contributed by atoms with van der Waals surface area (Å²) < 4.78 is 15.3. The van der Waals surface area contributed by atoms with Crippen molar-refractivity contribution in [2.75, 3.05) is 0 Å². The van der Waals surface area contributed by atoms with Gasteiger partial charge in [-0.05, 0) is 24.1 Å². The topological polar surface area (TPSA) is 67.5 Å². The van der Waals surface area contributed by atoms with Crippen LogP contribution in [0.1, 0.15) is 17.2 Å². The molecule has 0 aliphatic rings. The van der Waals surface area contributed by atoms with Crippen LogP contribution < -0.4 is 0 Å². The van der Waals surface area contributed by atoms with Gasteiger partial charge in [0.05, 0.1) is 17.4 Å². The minimum atomic E-state index is -1.04. The largest absolute Gasteiger partial charge is 0.481 e. The second-order valence-corrected chi connectivity index (χ2v) is 4.66. The highest BCUT2D eigenvalue weighted by molar-refractivity contribution is 5.79. The summed E-state index contributed by atoms with van der Waals surface area (Å²) in [6.45, 7) is 0. The molecule has 2 aromatic heterocycles. The van der Waals surface area contributed by atoms with Gasteiger partial charge in [0.2, 0.25) is 0 Å². The Kier molecular flexibility index (Phi) is 3.35. The molecular weight excluding hydrogens is 273 g/mol. The first kappa shape index (κ1) is 13.2. The van der Waals surface area contributed by atoms with E-state index in [0.29, 0.717) is 16.8 Å². The zero-order valence-electron chi connectivity index (χ0n) is 11.0. The first-order valence-corrected chi connectivity index (χ1v) is 6.41. The smallest absolute Gasteiger partial charge is 0.313 e. The van der Waals surface area contributed by atoms with E-state index in [1.165, 1.54) is 12.3 Å². The Morgan fingerprint density at radius 2 is 2.10 bits per heavy atom. The second kappa shape index (κ2) is 5.32. The molecule has 0 spiro atoms. The minimum Gasteiger partial charge on any atom is -0.481 e. The average Bonchev–Trinajstić information content (AvgIpc) is 2.94. The van der Waals surface area contributed by atoms with Crippen molar-refractivity contribution in [2.45, 2.75) is 12.3 Å². The highest BCUT2D eigenvalue weighted by atomic mass is 19.1. The molecular formula is C15H12FN3O2. The van der Waals surface area contributed by atoms with Crippen LogP contribution in [0.25, 0.3) is 5.52 Å². The summed E-state index contributed by atoms with van der Waals surface area (Å²) in [4.78, 5) is 15.8. The van der Waals surface area contributed by atoms with E-state index in [1.807, 2.05) is 0 Å². The number of aliphatic carboxylic acids is 1. The molecule has 106 valence electrons. The number of hydrogen-bond donors (Lipinski definition) is 1. The van der Waals surface area contributed by atoms with Gasteiger partial charge in [0.15, 0.2) is 0 Å². The molecule has 0 aliphatic heterocycles. The minimum absolute atomic E-state index is 0.0415. The van der Waals surface area contributed by atoms with Crippen LogP contribution in [0.4, 0.5) is 4.39 Å². The highest BCUT2D eigenvalue weighted by Gasteiger charge is 2.25. The monoisotopic (exact) mass is 285 g/mol. The van der Waals surface area contributed by atoms with E-state index in [4.69, 9.17) is 0 Å². The van der Waals surface area contributed by atoms with Crippen molar-refractivity contribution in [3.05, 3.63) is 66.0 Å². The molecule has 3 aromatic rings. The molecule has 1 atom stereocenters. The Balaban J connectivity index is 2.05. The summed E-state index contributed by atoms with van der Waals surface area (Å²) >= 11 is 0. The summed E-state index contributed by atoms with van der Waals surface area (Å²) in [5, 5.41) is 13.5. The number of nitrogens with zero attached hydrogens (tertiary/aromatic N) is 3. The van der Waals surface area contributed by atoms with Crippen molar-refractivity contribution in [1.29, 1.82) is 0 Å². The lowest BCUT2D eigenvalue weighted by molar-refractivity contribution is -0.138. The molecule has 3 rings (SSSR count). The number of halogens is 1. The molecule has 0 saturated carbocycles. The molecule has 1 N–H and O–H groups in total. The molecule has 2 heterocycles. The first-order valence-electron chi connectivity index (χ1n) is 6.41. The van der Waals surface area contributed by atoms with Gasteiger partial charge in [-0.2, -0.15) is 5.10 Å². The van der Waals surface area contributed by atoms with Crippen LogP contribution in [0.2, 0.25) is 0 Å². The van der Waals surface area contributed by atoms with Crippen molar-refractivity contribution in [3.8, 4) is 0 Å². The van der Waals surface area contributed by atoms with E-state index < -0.39 is 17.7 Å². The zero-order chi connectivity index (χ0) is 14.8. The fourth-order valence-electron chi connectivity index (χ4n) is 2.33. The lowest BCUT2D eigenvalue weighted by Crippen LogP contribution is -2.17. The number of carboxylic acids is 1. The van der Waals surface area contributed by atoms with E-state index >= 15 is 0 Å². The number of fused-ring (bicyclic) bond motifs is 1. The van der Waals surface area contributed by atoms with Gasteiger partial charge in [-0.1, -0.05) is 18.2 Å². The van der Waals surface area contributed by atoms with Crippen molar-refractivity contribution >= 4 is 11.5 Å². The van der Waals surface area contributed by atoms with Crippen LogP contribution in [0.3, 0.4) is 0 Å². The summed E-state index contributed by atoms with van der Waals surface area (Å²) in [6.07, 6.45) is 4.75. The van der Waals surface area contributed by atoms with Crippen LogP contribution >= 0.6 is 0 Å². The molecule has 1 unspecified atom stereocenters. The SMILES string of the molecule is O=C(O)C(Cc1ccccc1F)c1nccn2nccc12. The molecule has 0 amide bonds. The van der Waals surface area contributed by atoms with Crippen molar-refractivity contribution < 1.29 is 14.3 Å². The predicted molar refractivity (Wildman–Crippen MR) is 73.5 cm³/mol. The third kappa shape index (κ3) is 2.47. The van der Waals surface area contributed by atoms with Crippen LogP contribution in [0.5, 0.6) is 0 Å². The maximum atomic E-state index is 13.8. The number of hydrogen-bond acceptors (Lipinski definition) is 3. The fourth-order valence-corrected chi connectivity index (χ4v) is 2.33. The van der Waals surface area contributed by atoms with E-state index in [-0.39, 0.29) is 6.42 Å². The highest BCUT2D eigenvalue weighted by Crippen LogP contribution is 2.24. The lowest BCUT2D eigenvalue weighted by Gasteiger charge is -2.13. The molecule has 0 aliphatic carbocycles. The van der Waals surface area contributed by atoms with Gasteiger partial charge in [0.1, 0.15) is 11.7 Å². The van der Waals surface area contributed by atoms with Crippen LogP contribution in [0.15, 0.2) is 48.9 Å². The summed E-state index contributed by atoms with van der Waals surface area (Å²) in [7, 11) is 0. The van der Waals surface area contributed by atoms with Crippen LogP contribution in [-0.2, 0) is 11.2 Å². The zero-order valence-corrected chi connectivity index (χ0v) is 11.0. The second-order valence-electron chi connectivity index (χ2n) is 4.66. The van der Waals surface area contributed by atoms with E-state index in [2.05, 4.69) is 10.1 Å². The Hall–Kier alpha value is -2.76. The molecule has 5 nitrogen and oxygen atoms in total. The summed E-state index contributed by atoms with van der Waals surface area (Å²) in [5.74, 6) is -2.38. The quantitative estimate of drug-likeness (QED) is 0.798. The molecule has 0 fully saturated rings. The van der Waals surface area contributed by atoms with Crippen LogP contribution in [-0.4, -0.2) is 25.7 Å². The predicted octanol–water partition coefficient (Wildman–Crippen LogP) is 2.28. The molecule has 0 saturated heterocycles. The van der Waals surface area contributed by atoms with Crippen molar-refractivity contribution in [3.63, 3.8) is 0 Å². The average molecular weight is 285 g/mol. The Morgan fingerprint density at radius 1 is 1.29 bits per heavy atom. The van der Waals surface area contributed by atoms with Gasteiger partial charge in [0, 0.05) is 12.4 Å². The first-order chi connectivity index (χ1) is 10.2. The third-order valence-corrected chi connectivity index (χ3v) is 3.36. The number of rotatable bonds is 4. The Labute approximate surface area is 119 Å². The number of aromatic nitrogens is 3. The van der Waals surface area contributed by atoms with Gasteiger partial charge < -0.3 is 5.11 Å². The van der Waals surface area contributed by atoms with Crippen molar-refractivity contribution in [2.24, 2.45) is 0 Å². The van der Waals surface area contributed by atoms with Gasteiger partial charge >= 0.3 is 5.97 Å². The normalized spacial score (nSPS) is 12.4. The maximum Gasteiger partial charge on any atom is 0.313 e. The van der Waals surface area contributed by atoms with E-state index in [1.54, 1.807) is 41.2 Å². The fraction of sp³-hybridized carbons (Fsp3) is 0.133. The van der Waals surface area contributed by atoms with Crippen LogP contribution in [0, 0.1) is 5.82 Å². The molecule has 1 aromatic carbocycles. The molecule has 21 heavy (non-hydrogen) atoms. The molecule has 0 radical (unpaired) electrons. The third-order valence-electron chi connectivity index (χ3n) is 3.36. The van der Waals surface area contributed by atoms with Gasteiger partial charge in [-0.15, -0.1) is 0 Å². The van der Waals surface area contributed by atoms with Gasteiger partial charge in [-0.25, -0.2) is 8.91 Å². The number of benzene rings is 1. The van der Waals surface area contributed by atoms with Crippen molar-refractivity contribution in [1.82, 2.24) is 14.6 Å². The summed E-state index contributed by atoms with van der Waals surface area (Å²) in [5.41, 5.74) is 1.35. The Bertz CT molecular complexity index is 800. The Morgan fingerprint density at radius 3 is 2.86 bits per heavy atom. The standard InChI is InChI=1S/C15H12FN3O2/c16-12-4-2-1-3-10(12)9-11(15(20)21)14-13-5-6-18-19(13)8-7-17-14/h1-8,11H,9H2,(H,20,21). The number of carbonyl (C=O) groups is 1. The molecule has 6 heteroatoms. The lowest BCUT2D eigenvalue weighted by atomic mass is 9.95. The maximum absolute atomic E-state index is 13.8. The number of carboxylic acid groups (broad SMARTS) is 1.